The largest absolute Gasteiger partial charge is 0.507 e. The van der Waals surface area contributed by atoms with Crippen LogP contribution in [0.15, 0.2) is 41.2 Å². The molecule has 4 heterocycles. The number of hydrazone groups is 1. The van der Waals surface area contributed by atoms with Crippen molar-refractivity contribution in [1.82, 2.24) is 9.91 Å². The monoisotopic (exact) mass is 810 g/mol. The van der Waals surface area contributed by atoms with Crippen LogP contribution in [-0.4, -0.2) is 140 Å². The van der Waals surface area contributed by atoms with Gasteiger partial charge in [-0.3, -0.25) is 19.5 Å². The predicted octanol–water partition coefficient (Wildman–Crippen LogP) is 3.13. The van der Waals surface area contributed by atoms with Gasteiger partial charge < -0.3 is 55.3 Å². The summed E-state index contributed by atoms with van der Waals surface area (Å²) in [5.41, 5.74) is -0.405. The maximum absolute atomic E-state index is 14.4. The molecule has 1 fully saturated rings. The first-order valence-electron chi connectivity index (χ1n) is 19.6. The second kappa shape index (κ2) is 18.1. The van der Waals surface area contributed by atoms with Crippen LogP contribution in [0.1, 0.15) is 63.0 Å². The van der Waals surface area contributed by atoms with Crippen molar-refractivity contribution in [3.05, 3.63) is 52.8 Å². The van der Waals surface area contributed by atoms with E-state index in [1.807, 2.05) is 0 Å². The molecule has 16 heteroatoms. The van der Waals surface area contributed by atoms with Crippen LogP contribution in [0.4, 0.5) is 5.69 Å². The molecule has 5 bridgehead atoms. The SMILES string of the molecule is CO[C@H]1/C=C/O[C@@]2(C)Oc3c(C)c(O)c4c(O)c(c(/C=N/N5CCN(CCO)CC5)c(O)c4c3C2=O)NC(=O)/C(C)=C\C=C\[C@H](C)[C@H](O)[C@@H](C)[C@@H](O)[C@@H](C)[C@H](O)[C@@H]1C. The lowest BCUT2D eigenvalue weighted by Crippen LogP contribution is -2.45. The summed E-state index contributed by atoms with van der Waals surface area (Å²) in [5.74, 6) is -7.77. The lowest BCUT2D eigenvalue weighted by Gasteiger charge is -2.36. The van der Waals surface area contributed by atoms with Gasteiger partial charge >= 0.3 is 5.79 Å². The minimum absolute atomic E-state index is 0.0142. The second-order valence-corrected chi connectivity index (χ2v) is 15.8. The molecule has 0 unspecified atom stereocenters. The first kappa shape index (κ1) is 44.4. The Morgan fingerprint density at radius 3 is 2.19 bits per heavy atom. The Hall–Kier alpha value is -4.71. The average Bonchev–Trinajstić information content (AvgIpc) is 3.47. The number of carbonyl (C=O) groups is 2. The Morgan fingerprint density at radius 1 is 0.914 bits per heavy atom. The Labute approximate surface area is 338 Å². The first-order chi connectivity index (χ1) is 27.4. The Kier molecular flexibility index (Phi) is 13.8. The van der Waals surface area contributed by atoms with Crippen molar-refractivity contribution in [2.45, 2.75) is 78.7 Å². The minimum atomic E-state index is -2.03. The van der Waals surface area contributed by atoms with Crippen molar-refractivity contribution in [3.8, 4) is 23.0 Å². The fourth-order valence-electron chi connectivity index (χ4n) is 7.84. The highest BCUT2D eigenvalue weighted by Crippen LogP contribution is 2.55. The number of anilines is 1. The molecule has 0 spiro atoms. The molecule has 4 aliphatic heterocycles. The standard InChI is InChI=1S/C42H58N4O12/c1-21-10-9-11-22(2)41(55)44-32-27(20-43-46-15-13-45(14-16-46)17-18-47)37(52)29-30(38(32)53)36(51)26(6)39-31(29)40(54)42(7,58-39)57-19-12-28(56-8)23(3)34(49)25(5)35(50)24(4)33(21)48/h9-12,19-21,23-25,28,33-35,47-53H,13-18H2,1-8H3,(H,44,55)/b10-9+,19-12+,22-11-,43-20+/t21-,23+,24+,25-,28-,33-,34+,35+,42-/m0/s1. The van der Waals surface area contributed by atoms with E-state index in [-0.39, 0.29) is 51.1 Å². The quantitative estimate of drug-likeness (QED) is 0.123. The molecular weight excluding hydrogens is 752 g/mol. The normalized spacial score (nSPS) is 32.6. The highest BCUT2D eigenvalue weighted by molar-refractivity contribution is 6.23. The number of hydrogen-bond acceptors (Lipinski definition) is 15. The van der Waals surface area contributed by atoms with E-state index in [1.165, 1.54) is 52.5 Å². The Morgan fingerprint density at radius 2 is 1.55 bits per heavy atom. The number of amides is 1. The van der Waals surface area contributed by atoms with Crippen LogP contribution >= 0.6 is 0 Å². The summed E-state index contributed by atoms with van der Waals surface area (Å²) in [6.45, 7) is 13.9. The molecule has 16 nitrogen and oxygen atoms in total. The van der Waals surface area contributed by atoms with Gasteiger partial charge in [0.15, 0.2) is 5.75 Å². The Bertz CT molecular complexity index is 1990. The summed E-state index contributed by atoms with van der Waals surface area (Å²) in [5, 5.41) is 87.0. The van der Waals surface area contributed by atoms with Gasteiger partial charge in [-0.25, -0.2) is 0 Å². The van der Waals surface area contributed by atoms with E-state index in [2.05, 4.69) is 15.3 Å². The number of phenols is 3. The van der Waals surface area contributed by atoms with Gasteiger partial charge in [-0.2, -0.15) is 5.10 Å². The number of phenolic OH excluding ortho intramolecular Hbond substituents is 3. The van der Waals surface area contributed by atoms with Crippen molar-refractivity contribution < 1.29 is 59.5 Å². The maximum atomic E-state index is 14.4. The third-order valence-electron chi connectivity index (χ3n) is 11.9. The molecule has 0 saturated carbocycles. The van der Waals surface area contributed by atoms with Crippen LogP contribution in [0.3, 0.4) is 0 Å². The molecule has 2 aromatic rings. The number of Topliss-reactive ketones (excluding diaryl/α,β-unsaturated/α-hetero) is 1. The average molecular weight is 811 g/mol. The van der Waals surface area contributed by atoms with Crippen molar-refractivity contribution in [1.29, 1.82) is 0 Å². The summed E-state index contributed by atoms with van der Waals surface area (Å²) in [6, 6.07) is 0. The van der Waals surface area contributed by atoms with E-state index in [1.54, 1.807) is 44.9 Å². The number of aromatic hydroxyl groups is 3. The molecule has 0 aromatic heterocycles. The van der Waals surface area contributed by atoms with E-state index in [9.17, 15) is 45.3 Å². The number of hydrogen-bond donors (Lipinski definition) is 8. The molecule has 0 radical (unpaired) electrons. The van der Waals surface area contributed by atoms with Crippen LogP contribution < -0.4 is 10.1 Å². The van der Waals surface area contributed by atoms with Crippen molar-refractivity contribution in [2.75, 3.05) is 51.8 Å². The van der Waals surface area contributed by atoms with Crippen molar-refractivity contribution in [3.63, 3.8) is 0 Å². The van der Waals surface area contributed by atoms with Crippen LogP contribution in [0.5, 0.6) is 23.0 Å². The zero-order chi connectivity index (χ0) is 42.8. The number of allylic oxidation sites excluding steroid dienone is 2. The van der Waals surface area contributed by atoms with Crippen molar-refractivity contribution in [2.24, 2.45) is 28.8 Å². The number of nitrogens with one attached hydrogen (secondary N) is 1. The fourth-order valence-corrected chi connectivity index (χ4v) is 7.84. The van der Waals surface area contributed by atoms with Crippen molar-refractivity contribution >= 4 is 34.4 Å². The lowest BCUT2D eigenvalue weighted by molar-refractivity contribution is -0.112. The molecule has 58 heavy (non-hydrogen) atoms. The van der Waals surface area contributed by atoms with Gasteiger partial charge in [0.25, 0.3) is 11.7 Å². The third-order valence-corrected chi connectivity index (χ3v) is 11.9. The zero-order valence-electron chi connectivity index (χ0n) is 34.3. The summed E-state index contributed by atoms with van der Waals surface area (Å²) in [4.78, 5) is 30.1. The molecule has 6 rings (SSSR count). The van der Waals surface area contributed by atoms with E-state index in [4.69, 9.17) is 14.2 Å². The van der Waals surface area contributed by atoms with Gasteiger partial charge in [0, 0.05) is 87.0 Å². The van der Waals surface area contributed by atoms with Gasteiger partial charge in [0.2, 0.25) is 0 Å². The van der Waals surface area contributed by atoms with Gasteiger partial charge in [-0.05, 0) is 19.9 Å². The Balaban J connectivity index is 1.68. The number of methoxy groups -OCH3 is 1. The molecule has 8 N–H and O–H groups in total. The second-order valence-electron chi connectivity index (χ2n) is 15.8. The molecule has 0 aliphatic carbocycles. The van der Waals surface area contributed by atoms with Gasteiger partial charge in [0.1, 0.15) is 17.2 Å². The summed E-state index contributed by atoms with van der Waals surface area (Å²) in [7, 11) is 1.43. The minimum Gasteiger partial charge on any atom is -0.507 e. The van der Waals surface area contributed by atoms with E-state index in [0.717, 1.165) is 0 Å². The lowest BCUT2D eigenvalue weighted by atomic mass is 9.78. The molecular formula is C42H58N4O12. The molecule has 2 aromatic carbocycles. The third kappa shape index (κ3) is 8.53. The van der Waals surface area contributed by atoms with E-state index >= 15 is 0 Å². The number of benzene rings is 2. The summed E-state index contributed by atoms with van der Waals surface area (Å²) >= 11 is 0. The topological polar surface area (TPSA) is 234 Å². The smallest absolute Gasteiger partial charge is 0.312 e. The number of ether oxygens (including phenoxy) is 3. The number of fused-ring (bicyclic) bond motifs is 14. The van der Waals surface area contributed by atoms with E-state index < -0.39 is 82.8 Å². The predicted molar refractivity (Wildman–Crippen MR) is 217 cm³/mol. The first-order valence-corrected chi connectivity index (χ1v) is 19.6. The summed E-state index contributed by atoms with van der Waals surface area (Å²) in [6.07, 6.45) is 4.67. The number of aliphatic hydroxyl groups is 4. The maximum Gasteiger partial charge on any atom is 0.312 e. The van der Waals surface area contributed by atoms with Crippen LogP contribution in [-0.2, 0) is 14.3 Å². The summed E-state index contributed by atoms with van der Waals surface area (Å²) < 4.78 is 17.7. The molecule has 1 amide bonds. The number of nitrogens with zero attached hydrogens (tertiary/aromatic N) is 3. The number of piperazine rings is 1. The van der Waals surface area contributed by atoms with Crippen LogP contribution in [0, 0.1) is 30.6 Å². The van der Waals surface area contributed by atoms with Gasteiger partial charge in [-0.15, -0.1) is 0 Å². The zero-order valence-corrected chi connectivity index (χ0v) is 34.3. The number of aliphatic hydroxyl groups excluding tert-OH is 4. The van der Waals surface area contributed by atoms with E-state index in [0.29, 0.717) is 32.7 Å². The number of β-amino-alcohol motifs (C(OH)–C–C–N with tert-alkyl or cyclic N) is 1. The molecule has 4 aliphatic rings. The number of rotatable bonds is 5. The highest BCUT2D eigenvalue weighted by atomic mass is 16.7. The highest BCUT2D eigenvalue weighted by Gasteiger charge is 2.50. The van der Waals surface area contributed by atoms with Gasteiger partial charge in [-0.1, -0.05) is 45.9 Å². The van der Waals surface area contributed by atoms with Gasteiger partial charge in [0.05, 0.1) is 65.7 Å². The number of carbonyl (C=O) groups excluding carboxylic acids is 2. The molecule has 318 valence electrons. The molecule has 9 atom stereocenters. The molecule has 1 saturated heterocycles. The fraction of sp³-hybridized carbons (Fsp3) is 0.548. The number of ketones is 1. The van der Waals surface area contributed by atoms with Crippen LogP contribution in [0.25, 0.3) is 10.8 Å². The van der Waals surface area contributed by atoms with Crippen LogP contribution in [0.2, 0.25) is 0 Å².